The van der Waals surface area contributed by atoms with Crippen LogP contribution in [0.15, 0.2) is 47.1 Å². The predicted octanol–water partition coefficient (Wildman–Crippen LogP) is 4.43. The Morgan fingerprint density at radius 1 is 1.33 bits per heavy atom. The first-order chi connectivity index (χ1) is 10.2. The zero-order valence-corrected chi connectivity index (χ0v) is 13.4. The molecule has 0 spiro atoms. The minimum absolute atomic E-state index is 0.0268. The van der Waals surface area contributed by atoms with Crippen molar-refractivity contribution in [3.63, 3.8) is 0 Å². The standard InChI is InChI=1S/C16H18ClNO2S/c1-2-15(12-5-7-13(17)8-6-12)18-16(19)11-21-10-14-4-3-9-20-14/h3-9,15H,2,10-11H2,1H3,(H,18,19). The van der Waals surface area contributed by atoms with Crippen molar-refractivity contribution in [2.24, 2.45) is 0 Å². The summed E-state index contributed by atoms with van der Waals surface area (Å²) in [5.41, 5.74) is 1.08. The molecule has 2 aromatic rings. The molecule has 0 saturated carbocycles. The van der Waals surface area contributed by atoms with E-state index >= 15 is 0 Å². The van der Waals surface area contributed by atoms with E-state index in [0.717, 1.165) is 17.7 Å². The maximum Gasteiger partial charge on any atom is 0.230 e. The number of amides is 1. The van der Waals surface area contributed by atoms with Crippen molar-refractivity contribution in [3.8, 4) is 0 Å². The lowest BCUT2D eigenvalue weighted by molar-refractivity contribution is -0.119. The molecule has 1 unspecified atom stereocenters. The summed E-state index contributed by atoms with van der Waals surface area (Å²) in [6.07, 6.45) is 2.49. The summed E-state index contributed by atoms with van der Waals surface area (Å²) in [4.78, 5) is 12.0. The van der Waals surface area contributed by atoms with Crippen LogP contribution in [0.25, 0.3) is 0 Å². The molecule has 0 aliphatic rings. The quantitative estimate of drug-likeness (QED) is 0.819. The van der Waals surface area contributed by atoms with Crippen LogP contribution in [-0.4, -0.2) is 11.7 Å². The van der Waals surface area contributed by atoms with E-state index in [4.69, 9.17) is 16.0 Å². The van der Waals surface area contributed by atoms with Gasteiger partial charge >= 0.3 is 0 Å². The molecular formula is C16H18ClNO2S. The van der Waals surface area contributed by atoms with Gasteiger partial charge in [0.2, 0.25) is 5.91 Å². The first kappa shape index (κ1) is 16.0. The third kappa shape index (κ3) is 5.14. The summed E-state index contributed by atoms with van der Waals surface area (Å²) < 4.78 is 5.23. The lowest BCUT2D eigenvalue weighted by Crippen LogP contribution is -2.29. The van der Waals surface area contributed by atoms with Gasteiger partial charge in [-0.2, -0.15) is 0 Å². The van der Waals surface area contributed by atoms with Crippen molar-refractivity contribution < 1.29 is 9.21 Å². The van der Waals surface area contributed by atoms with E-state index in [-0.39, 0.29) is 11.9 Å². The van der Waals surface area contributed by atoms with Crippen molar-refractivity contribution in [1.29, 1.82) is 0 Å². The zero-order chi connectivity index (χ0) is 15.1. The highest BCUT2D eigenvalue weighted by Gasteiger charge is 2.12. The van der Waals surface area contributed by atoms with Crippen molar-refractivity contribution >= 4 is 29.3 Å². The van der Waals surface area contributed by atoms with Crippen LogP contribution in [0.4, 0.5) is 0 Å². The summed E-state index contributed by atoms with van der Waals surface area (Å²) in [5, 5.41) is 3.75. The van der Waals surface area contributed by atoms with Crippen LogP contribution < -0.4 is 5.32 Å². The Hall–Kier alpha value is -1.39. The number of thioether (sulfide) groups is 1. The van der Waals surface area contributed by atoms with Gasteiger partial charge in [-0.05, 0) is 36.2 Å². The average molecular weight is 324 g/mol. The Morgan fingerprint density at radius 2 is 2.10 bits per heavy atom. The summed E-state index contributed by atoms with van der Waals surface area (Å²) in [6.45, 7) is 2.05. The molecule has 112 valence electrons. The van der Waals surface area contributed by atoms with Crippen LogP contribution in [0, 0.1) is 0 Å². The largest absolute Gasteiger partial charge is 0.468 e. The minimum atomic E-state index is 0.0268. The predicted molar refractivity (Wildman–Crippen MR) is 87.5 cm³/mol. The molecule has 1 aromatic carbocycles. The number of hydrogen-bond donors (Lipinski definition) is 1. The van der Waals surface area contributed by atoms with Gasteiger partial charge in [0.15, 0.2) is 0 Å². The van der Waals surface area contributed by atoms with Gasteiger partial charge < -0.3 is 9.73 Å². The van der Waals surface area contributed by atoms with Crippen LogP contribution in [0.3, 0.4) is 0 Å². The second kappa shape index (κ2) is 8.15. The molecule has 1 aromatic heterocycles. The topological polar surface area (TPSA) is 42.2 Å². The first-order valence-corrected chi connectivity index (χ1v) is 8.37. The number of carbonyl (C=O) groups is 1. The number of halogens is 1. The number of furan rings is 1. The van der Waals surface area contributed by atoms with E-state index < -0.39 is 0 Å². The first-order valence-electron chi connectivity index (χ1n) is 6.84. The molecule has 21 heavy (non-hydrogen) atoms. The van der Waals surface area contributed by atoms with Crippen molar-refractivity contribution in [3.05, 3.63) is 59.0 Å². The third-order valence-corrected chi connectivity index (χ3v) is 4.28. The van der Waals surface area contributed by atoms with Gasteiger partial charge in [-0.15, -0.1) is 11.8 Å². The van der Waals surface area contributed by atoms with Crippen LogP contribution in [-0.2, 0) is 10.5 Å². The van der Waals surface area contributed by atoms with Crippen LogP contribution >= 0.6 is 23.4 Å². The highest BCUT2D eigenvalue weighted by atomic mass is 35.5. The Kier molecular flexibility index (Phi) is 6.21. The van der Waals surface area contributed by atoms with E-state index in [0.29, 0.717) is 16.5 Å². The molecule has 0 aliphatic heterocycles. The van der Waals surface area contributed by atoms with Gasteiger partial charge in [-0.1, -0.05) is 30.7 Å². The number of rotatable bonds is 7. The normalized spacial score (nSPS) is 12.1. The van der Waals surface area contributed by atoms with Crippen LogP contribution in [0.5, 0.6) is 0 Å². The van der Waals surface area contributed by atoms with Gasteiger partial charge in [0.25, 0.3) is 0 Å². The lowest BCUT2D eigenvalue weighted by Gasteiger charge is -2.17. The maximum absolute atomic E-state index is 12.0. The molecule has 0 radical (unpaired) electrons. The Labute approximate surface area is 134 Å². The Morgan fingerprint density at radius 3 is 2.71 bits per heavy atom. The fraction of sp³-hybridized carbons (Fsp3) is 0.312. The lowest BCUT2D eigenvalue weighted by atomic mass is 10.0. The highest BCUT2D eigenvalue weighted by molar-refractivity contribution is 7.99. The van der Waals surface area contributed by atoms with E-state index in [1.54, 1.807) is 18.0 Å². The molecule has 2 rings (SSSR count). The maximum atomic E-state index is 12.0. The molecule has 0 bridgehead atoms. The zero-order valence-electron chi connectivity index (χ0n) is 11.8. The van der Waals surface area contributed by atoms with E-state index in [1.165, 1.54) is 0 Å². The van der Waals surface area contributed by atoms with Gasteiger partial charge in [-0.25, -0.2) is 0 Å². The number of hydrogen-bond acceptors (Lipinski definition) is 3. The monoisotopic (exact) mass is 323 g/mol. The second-order valence-corrected chi connectivity index (χ2v) is 6.07. The minimum Gasteiger partial charge on any atom is -0.468 e. The van der Waals surface area contributed by atoms with Gasteiger partial charge in [0.05, 0.1) is 23.8 Å². The molecule has 0 fully saturated rings. The number of nitrogens with one attached hydrogen (secondary N) is 1. The second-order valence-electron chi connectivity index (χ2n) is 4.65. The molecule has 0 saturated heterocycles. The van der Waals surface area contributed by atoms with Gasteiger partial charge in [0.1, 0.15) is 5.76 Å². The SMILES string of the molecule is CCC(NC(=O)CSCc1ccco1)c1ccc(Cl)cc1. The molecule has 1 amide bonds. The molecule has 1 atom stereocenters. The molecule has 1 heterocycles. The Bertz CT molecular complexity index is 554. The van der Waals surface area contributed by atoms with Crippen molar-refractivity contribution in [1.82, 2.24) is 5.32 Å². The van der Waals surface area contributed by atoms with Crippen LogP contribution in [0.1, 0.15) is 30.7 Å². The van der Waals surface area contributed by atoms with E-state index in [9.17, 15) is 4.79 Å². The molecule has 3 nitrogen and oxygen atoms in total. The van der Waals surface area contributed by atoms with Crippen molar-refractivity contribution in [2.75, 3.05) is 5.75 Å². The van der Waals surface area contributed by atoms with E-state index in [1.807, 2.05) is 36.4 Å². The fourth-order valence-corrected chi connectivity index (χ4v) is 2.85. The summed E-state index contributed by atoms with van der Waals surface area (Å²) >= 11 is 7.43. The summed E-state index contributed by atoms with van der Waals surface area (Å²) in [5.74, 6) is 2.05. The smallest absolute Gasteiger partial charge is 0.230 e. The number of carbonyl (C=O) groups excluding carboxylic acids is 1. The fourth-order valence-electron chi connectivity index (χ4n) is 1.99. The third-order valence-electron chi connectivity index (χ3n) is 3.07. The highest BCUT2D eigenvalue weighted by Crippen LogP contribution is 2.19. The number of benzene rings is 1. The molecule has 0 aliphatic carbocycles. The Balaban J connectivity index is 1.80. The molecule has 1 N–H and O–H groups in total. The average Bonchev–Trinajstić information content (AvgIpc) is 2.99. The molecule has 5 heteroatoms. The van der Waals surface area contributed by atoms with Crippen LogP contribution in [0.2, 0.25) is 5.02 Å². The van der Waals surface area contributed by atoms with Gasteiger partial charge in [0, 0.05) is 5.02 Å². The van der Waals surface area contributed by atoms with E-state index in [2.05, 4.69) is 12.2 Å². The molecular weight excluding hydrogens is 306 g/mol. The van der Waals surface area contributed by atoms with Gasteiger partial charge in [-0.3, -0.25) is 4.79 Å². The summed E-state index contributed by atoms with van der Waals surface area (Å²) in [6, 6.07) is 11.4. The summed E-state index contributed by atoms with van der Waals surface area (Å²) in [7, 11) is 0. The van der Waals surface area contributed by atoms with Crippen molar-refractivity contribution in [2.45, 2.75) is 25.1 Å².